The lowest BCUT2D eigenvalue weighted by molar-refractivity contribution is -0.124. The van der Waals surface area contributed by atoms with Crippen LogP contribution in [0.4, 0.5) is 5.69 Å². The molecule has 114 valence electrons. The average Bonchev–Trinajstić information content (AvgIpc) is 2.41. The third kappa shape index (κ3) is 3.63. The average molecular weight is 422 g/mol. The first-order valence-electron chi connectivity index (χ1n) is 6.24. The molecule has 0 spiro atoms. The largest absolute Gasteiger partial charge is 0.478 e. The van der Waals surface area contributed by atoms with Crippen molar-refractivity contribution in [2.75, 3.05) is 18.5 Å². The summed E-state index contributed by atoms with van der Waals surface area (Å²) < 4.78 is 6.26. The van der Waals surface area contributed by atoms with Gasteiger partial charge >= 0.3 is 5.97 Å². The maximum atomic E-state index is 12.4. The number of anilines is 1. The number of hydrogen-bond acceptors (Lipinski definition) is 4. The maximum Gasteiger partial charge on any atom is 0.337 e. The Morgan fingerprint density at radius 1 is 1.29 bits per heavy atom. The number of ether oxygens (including phenoxy) is 1. The molecule has 6 nitrogen and oxygen atoms in total. The van der Waals surface area contributed by atoms with Crippen LogP contribution in [-0.2, 0) is 9.53 Å². The molecule has 1 aromatic rings. The molecule has 1 aliphatic rings. The van der Waals surface area contributed by atoms with Crippen molar-refractivity contribution < 1.29 is 19.4 Å². The van der Waals surface area contributed by atoms with Crippen molar-refractivity contribution in [3.8, 4) is 0 Å². The van der Waals surface area contributed by atoms with E-state index >= 15 is 0 Å². The van der Waals surface area contributed by atoms with Crippen molar-refractivity contribution in [3.63, 3.8) is 0 Å². The van der Waals surface area contributed by atoms with E-state index in [-0.39, 0.29) is 11.3 Å². The molecule has 21 heavy (non-hydrogen) atoms. The fraction of sp³-hybridized carbons (Fsp3) is 0.385. The Bertz CT molecular complexity index is 586. The van der Waals surface area contributed by atoms with Crippen LogP contribution in [-0.4, -0.2) is 35.7 Å². The summed E-state index contributed by atoms with van der Waals surface area (Å²) in [5, 5.41) is 11.9. The molecule has 0 saturated carbocycles. The Hall–Kier alpha value is -0.960. The van der Waals surface area contributed by atoms with Crippen molar-refractivity contribution in [3.05, 3.63) is 26.6 Å². The number of carbonyl (C=O) groups excluding carboxylic acids is 1. The van der Waals surface area contributed by atoms with E-state index < -0.39 is 17.4 Å². The van der Waals surface area contributed by atoms with E-state index in [9.17, 15) is 14.7 Å². The van der Waals surface area contributed by atoms with Crippen molar-refractivity contribution in [2.45, 2.75) is 18.4 Å². The second kappa shape index (κ2) is 6.43. The lowest BCUT2D eigenvalue weighted by atomic mass is 9.90. The van der Waals surface area contributed by atoms with Gasteiger partial charge in [0.05, 0.1) is 11.3 Å². The highest BCUT2D eigenvalue weighted by Crippen LogP contribution is 2.32. The predicted octanol–water partition coefficient (Wildman–Crippen LogP) is 2.36. The van der Waals surface area contributed by atoms with Gasteiger partial charge in [-0.15, -0.1) is 0 Å². The lowest BCUT2D eigenvalue weighted by Crippen LogP contribution is -2.54. The zero-order valence-corrected chi connectivity index (χ0v) is 14.2. The number of nitrogens with two attached hydrogens (primary N) is 1. The Balaban J connectivity index is 2.30. The quantitative estimate of drug-likeness (QED) is 0.695. The second-order valence-electron chi connectivity index (χ2n) is 4.84. The Morgan fingerprint density at radius 2 is 1.90 bits per heavy atom. The SMILES string of the molecule is NC1(C(=O)Nc2c(Br)cc(Br)cc2C(=O)O)CCOCC1. The first kappa shape index (κ1) is 16.4. The van der Waals surface area contributed by atoms with Crippen molar-refractivity contribution >= 4 is 49.4 Å². The van der Waals surface area contributed by atoms with Crippen LogP contribution in [0.2, 0.25) is 0 Å². The molecule has 8 heteroatoms. The van der Waals surface area contributed by atoms with Gasteiger partial charge in [-0.2, -0.15) is 0 Å². The van der Waals surface area contributed by atoms with Crippen molar-refractivity contribution in [2.24, 2.45) is 5.73 Å². The fourth-order valence-electron chi connectivity index (χ4n) is 2.07. The number of aromatic carboxylic acids is 1. The molecule has 0 radical (unpaired) electrons. The maximum absolute atomic E-state index is 12.4. The minimum Gasteiger partial charge on any atom is -0.478 e. The van der Waals surface area contributed by atoms with Crippen LogP contribution in [0.1, 0.15) is 23.2 Å². The number of carbonyl (C=O) groups is 2. The van der Waals surface area contributed by atoms with Crippen molar-refractivity contribution in [1.29, 1.82) is 0 Å². The van der Waals surface area contributed by atoms with Crippen LogP contribution in [0.25, 0.3) is 0 Å². The molecule has 0 aliphatic carbocycles. The zero-order valence-electron chi connectivity index (χ0n) is 11.0. The highest BCUT2D eigenvalue weighted by Gasteiger charge is 2.36. The van der Waals surface area contributed by atoms with E-state index in [4.69, 9.17) is 10.5 Å². The standard InChI is InChI=1S/C13H14Br2N2O4/c14-7-5-8(11(18)19)10(9(15)6-7)17-12(20)13(16)1-3-21-4-2-13/h5-6H,1-4,16H2,(H,17,20)(H,18,19). The minimum absolute atomic E-state index is 0.0136. The number of hydrogen-bond donors (Lipinski definition) is 3. The zero-order chi connectivity index (χ0) is 15.6. The smallest absolute Gasteiger partial charge is 0.337 e. The molecule has 4 N–H and O–H groups in total. The third-order valence-corrected chi connectivity index (χ3v) is 4.44. The van der Waals surface area contributed by atoms with E-state index in [1.807, 2.05) is 0 Å². The fourth-order valence-corrected chi connectivity index (χ4v) is 3.39. The predicted molar refractivity (Wildman–Crippen MR) is 84.4 cm³/mol. The number of benzene rings is 1. The van der Waals surface area contributed by atoms with Crippen LogP contribution in [0.15, 0.2) is 21.1 Å². The summed E-state index contributed by atoms with van der Waals surface area (Å²) in [6.07, 6.45) is 0.796. The molecule has 1 saturated heterocycles. The molecule has 1 aromatic carbocycles. The first-order chi connectivity index (χ1) is 9.83. The Kier molecular flexibility index (Phi) is 5.03. The van der Waals surface area contributed by atoms with E-state index in [2.05, 4.69) is 37.2 Å². The summed E-state index contributed by atoms with van der Waals surface area (Å²) in [6, 6.07) is 3.09. The van der Waals surface area contributed by atoms with E-state index in [0.717, 1.165) is 0 Å². The monoisotopic (exact) mass is 420 g/mol. The number of halogens is 2. The minimum atomic E-state index is -1.13. The summed E-state index contributed by atoms with van der Waals surface area (Å²) >= 11 is 6.48. The highest BCUT2D eigenvalue weighted by molar-refractivity contribution is 9.11. The van der Waals surface area contributed by atoms with Gasteiger partial charge in [0.25, 0.3) is 0 Å². The summed E-state index contributed by atoms with van der Waals surface area (Å²) in [4.78, 5) is 23.7. The van der Waals surface area contributed by atoms with Gasteiger partial charge in [0, 0.05) is 22.2 Å². The summed E-state index contributed by atoms with van der Waals surface area (Å²) in [7, 11) is 0. The normalized spacial score (nSPS) is 17.3. The van der Waals surface area contributed by atoms with Gasteiger partial charge in [0.1, 0.15) is 5.54 Å². The lowest BCUT2D eigenvalue weighted by Gasteiger charge is -2.32. The van der Waals surface area contributed by atoms with Gasteiger partial charge < -0.3 is 20.9 Å². The topological polar surface area (TPSA) is 102 Å². The summed E-state index contributed by atoms with van der Waals surface area (Å²) in [5.74, 6) is -1.54. The summed E-state index contributed by atoms with van der Waals surface area (Å²) in [6.45, 7) is 0.828. The van der Waals surface area contributed by atoms with Gasteiger partial charge in [-0.25, -0.2) is 4.79 Å². The van der Waals surface area contributed by atoms with Crippen molar-refractivity contribution in [1.82, 2.24) is 0 Å². The molecule has 0 aromatic heterocycles. The van der Waals surface area contributed by atoms with Gasteiger partial charge in [0.2, 0.25) is 5.91 Å². The van der Waals surface area contributed by atoms with Crippen LogP contribution in [0.5, 0.6) is 0 Å². The van der Waals surface area contributed by atoms with Gasteiger partial charge in [-0.3, -0.25) is 4.79 Å². The molecular weight excluding hydrogens is 408 g/mol. The van der Waals surface area contributed by atoms with Crippen LogP contribution < -0.4 is 11.1 Å². The van der Waals surface area contributed by atoms with Gasteiger partial charge in [0.15, 0.2) is 0 Å². The van der Waals surface area contributed by atoms with E-state index in [1.54, 1.807) is 6.07 Å². The second-order valence-corrected chi connectivity index (χ2v) is 6.61. The molecule has 1 aliphatic heterocycles. The molecule has 1 fully saturated rings. The summed E-state index contributed by atoms with van der Waals surface area (Å²) in [5.41, 5.74) is 5.24. The molecule has 1 amide bonds. The molecule has 1 heterocycles. The van der Waals surface area contributed by atoms with Crippen LogP contribution in [0.3, 0.4) is 0 Å². The Labute approximate surface area is 138 Å². The van der Waals surface area contributed by atoms with Gasteiger partial charge in [-0.1, -0.05) is 15.9 Å². The number of carboxylic acid groups (broad SMARTS) is 1. The van der Waals surface area contributed by atoms with E-state index in [0.29, 0.717) is 35.0 Å². The third-order valence-electron chi connectivity index (χ3n) is 3.36. The highest BCUT2D eigenvalue weighted by atomic mass is 79.9. The van der Waals surface area contributed by atoms with Crippen LogP contribution >= 0.6 is 31.9 Å². The number of nitrogens with one attached hydrogen (secondary N) is 1. The van der Waals surface area contributed by atoms with Gasteiger partial charge in [-0.05, 0) is 40.9 Å². The molecule has 0 atom stereocenters. The first-order valence-corrected chi connectivity index (χ1v) is 7.82. The number of amides is 1. The van der Waals surface area contributed by atoms with E-state index in [1.165, 1.54) is 6.07 Å². The Morgan fingerprint density at radius 3 is 2.48 bits per heavy atom. The number of carboxylic acids is 1. The molecule has 0 bridgehead atoms. The molecule has 0 unspecified atom stereocenters. The number of rotatable bonds is 3. The molecular formula is C13H14Br2N2O4. The van der Waals surface area contributed by atoms with Crippen LogP contribution in [0, 0.1) is 0 Å². The molecule has 2 rings (SSSR count).